The average molecular weight is 238 g/mol. The van der Waals surface area contributed by atoms with Gasteiger partial charge >= 0.3 is 0 Å². The zero-order chi connectivity index (χ0) is 6.85. The number of aryl methyl sites for hydroxylation is 1. The maximum atomic E-state index is 4.92. The monoisotopic (exact) mass is 238 g/mol. The third-order valence-electron chi connectivity index (χ3n) is 1.04. The lowest BCUT2D eigenvalue weighted by Crippen LogP contribution is -1.83. The van der Waals surface area contributed by atoms with Crippen molar-refractivity contribution in [2.75, 3.05) is 7.11 Å². The number of aromatic nitrogens is 2. The summed E-state index contributed by atoms with van der Waals surface area (Å²) < 4.78 is 5.97. The molecule has 1 rings (SSSR count). The van der Waals surface area contributed by atoms with Crippen LogP contribution in [-0.4, -0.2) is 17.3 Å². The minimum atomic E-state index is 0.674. The molecule has 0 fully saturated rings. The van der Waals surface area contributed by atoms with Crippen LogP contribution in [0, 0.1) is 10.5 Å². The quantitative estimate of drug-likeness (QED) is 0.749. The number of hydrogen-bond donors (Lipinski definition) is 1. The van der Waals surface area contributed by atoms with E-state index in [2.05, 4.69) is 32.8 Å². The normalized spacial score (nSPS) is 9.67. The van der Waals surface area contributed by atoms with Crippen molar-refractivity contribution in [1.29, 1.82) is 0 Å². The van der Waals surface area contributed by atoms with Gasteiger partial charge in [-0.2, -0.15) is 0 Å². The Hall–Kier alpha value is -0.260. The molecule has 0 unspecified atom stereocenters. The van der Waals surface area contributed by atoms with Crippen LogP contribution < -0.4 is 4.74 Å². The summed E-state index contributed by atoms with van der Waals surface area (Å²) in [6.07, 6.45) is 0. The number of hydrogen-bond acceptors (Lipinski definition) is 2. The van der Waals surface area contributed by atoms with E-state index in [0.717, 1.165) is 9.26 Å². The molecule has 0 bridgehead atoms. The summed E-state index contributed by atoms with van der Waals surface area (Å²) >= 11 is 2.18. The van der Waals surface area contributed by atoms with E-state index in [1.54, 1.807) is 7.11 Å². The van der Waals surface area contributed by atoms with Crippen LogP contribution >= 0.6 is 22.6 Å². The molecule has 3 nitrogen and oxygen atoms in total. The lowest BCUT2D eigenvalue weighted by atomic mass is 10.5. The number of methoxy groups -OCH3 is 1. The minimum Gasteiger partial charge on any atom is -0.479 e. The van der Waals surface area contributed by atoms with Gasteiger partial charge in [-0.05, 0) is 29.5 Å². The lowest BCUT2D eigenvalue weighted by Gasteiger charge is -1.90. The van der Waals surface area contributed by atoms with Crippen molar-refractivity contribution in [2.24, 2.45) is 0 Å². The highest BCUT2D eigenvalue weighted by atomic mass is 127. The number of nitrogens with one attached hydrogen (secondary N) is 1. The fourth-order valence-corrected chi connectivity index (χ4v) is 0.990. The molecule has 0 saturated carbocycles. The van der Waals surface area contributed by atoms with Crippen molar-refractivity contribution >= 4 is 22.6 Å². The van der Waals surface area contributed by atoms with E-state index in [1.165, 1.54) is 0 Å². The second-order valence-corrected chi connectivity index (χ2v) is 2.75. The predicted octanol–water partition coefficient (Wildman–Crippen LogP) is 1.33. The number of halogens is 1. The van der Waals surface area contributed by atoms with Crippen LogP contribution in [0.4, 0.5) is 0 Å². The fourth-order valence-electron chi connectivity index (χ4n) is 0.528. The van der Waals surface area contributed by atoms with E-state index in [4.69, 9.17) is 4.74 Å². The Bertz CT molecular complexity index is 209. The first-order valence-electron chi connectivity index (χ1n) is 2.50. The summed E-state index contributed by atoms with van der Waals surface area (Å²) in [5.41, 5.74) is 1.05. The van der Waals surface area contributed by atoms with E-state index in [9.17, 15) is 0 Å². The molecule has 1 aromatic rings. The Labute approximate surface area is 66.9 Å². The van der Waals surface area contributed by atoms with Gasteiger partial charge in [0.15, 0.2) is 0 Å². The summed E-state index contributed by atoms with van der Waals surface area (Å²) in [5.74, 6) is 0.674. The highest BCUT2D eigenvalue weighted by molar-refractivity contribution is 14.1. The van der Waals surface area contributed by atoms with Crippen LogP contribution in [0.1, 0.15) is 5.69 Å². The lowest BCUT2D eigenvalue weighted by molar-refractivity contribution is 0.394. The van der Waals surface area contributed by atoms with Gasteiger partial charge < -0.3 is 4.74 Å². The predicted molar refractivity (Wildman–Crippen MR) is 42.6 cm³/mol. The molecule has 0 amide bonds. The zero-order valence-electron chi connectivity index (χ0n) is 5.23. The van der Waals surface area contributed by atoms with Gasteiger partial charge in [-0.1, -0.05) is 0 Å². The Morgan fingerprint density at radius 1 is 1.67 bits per heavy atom. The molecule has 1 heterocycles. The molecule has 0 atom stereocenters. The maximum absolute atomic E-state index is 4.92. The molecule has 0 saturated heterocycles. The molecule has 0 radical (unpaired) electrons. The molecule has 0 aromatic carbocycles. The van der Waals surface area contributed by atoms with Crippen LogP contribution in [0.25, 0.3) is 0 Å². The van der Waals surface area contributed by atoms with Crippen molar-refractivity contribution in [3.63, 3.8) is 0 Å². The minimum absolute atomic E-state index is 0.674. The molecule has 50 valence electrons. The third-order valence-corrected chi connectivity index (χ3v) is 2.31. The molecule has 0 aliphatic rings. The van der Waals surface area contributed by atoms with Crippen molar-refractivity contribution < 1.29 is 4.74 Å². The van der Waals surface area contributed by atoms with E-state index < -0.39 is 0 Å². The second kappa shape index (κ2) is 2.55. The van der Waals surface area contributed by atoms with E-state index in [0.29, 0.717) is 5.88 Å². The van der Waals surface area contributed by atoms with Gasteiger partial charge in [-0.15, -0.1) is 5.10 Å². The highest BCUT2D eigenvalue weighted by Gasteiger charge is 2.04. The first kappa shape index (κ1) is 6.85. The number of aromatic amines is 1. The van der Waals surface area contributed by atoms with Crippen molar-refractivity contribution in [2.45, 2.75) is 6.92 Å². The third kappa shape index (κ3) is 1.17. The van der Waals surface area contributed by atoms with Crippen LogP contribution in [0.5, 0.6) is 5.88 Å². The van der Waals surface area contributed by atoms with Gasteiger partial charge in [0.05, 0.1) is 10.7 Å². The smallest absolute Gasteiger partial charge is 0.246 e. The van der Waals surface area contributed by atoms with Crippen LogP contribution in [-0.2, 0) is 0 Å². The zero-order valence-corrected chi connectivity index (χ0v) is 7.39. The van der Waals surface area contributed by atoms with Crippen LogP contribution in [0.15, 0.2) is 0 Å². The van der Waals surface area contributed by atoms with Gasteiger partial charge in [-0.25, -0.2) is 0 Å². The Kier molecular flexibility index (Phi) is 1.94. The second-order valence-electron chi connectivity index (χ2n) is 1.67. The van der Waals surface area contributed by atoms with Crippen molar-refractivity contribution in [3.8, 4) is 5.88 Å². The molecule has 9 heavy (non-hydrogen) atoms. The molecule has 4 heteroatoms. The Morgan fingerprint density at radius 3 is 2.56 bits per heavy atom. The SMILES string of the molecule is COc1n[nH]c(C)c1I. The summed E-state index contributed by atoms with van der Waals surface area (Å²) in [7, 11) is 1.61. The molecule has 0 aliphatic heterocycles. The summed E-state index contributed by atoms with van der Waals surface area (Å²) in [6, 6.07) is 0. The van der Waals surface area contributed by atoms with Crippen molar-refractivity contribution in [3.05, 3.63) is 9.26 Å². The van der Waals surface area contributed by atoms with E-state index in [1.807, 2.05) is 6.92 Å². The van der Waals surface area contributed by atoms with E-state index >= 15 is 0 Å². The summed E-state index contributed by atoms with van der Waals surface area (Å²) in [5, 5.41) is 6.68. The highest BCUT2D eigenvalue weighted by Crippen LogP contribution is 2.19. The molecule has 0 spiro atoms. The average Bonchev–Trinajstić information content (AvgIpc) is 2.15. The molecular weight excluding hydrogens is 231 g/mol. The molecule has 0 aliphatic carbocycles. The Morgan fingerprint density at radius 2 is 2.33 bits per heavy atom. The van der Waals surface area contributed by atoms with E-state index in [-0.39, 0.29) is 0 Å². The van der Waals surface area contributed by atoms with Gasteiger partial charge in [0.2, 0.25) is 5.88 Å². The fraction of sp³-hybridized carbons (Fsp3) is 0.400. The molecule has 1 N–H and O–H groups in total. The van der Waals surface area contributed by atoms with Crippen molar-refractivity contribution in [1.82, 2.24) is 10.2 Å². The van der Waals surface area contributed by atoms with Gasteiger partial charge in [0, 0.05) is 5.69 Å². The standard InChI is InChI=1S/C5H7IN2O/c1-3-4(6)5(9-2)8-7-3/h1-2H3,(H,7,8). The summed E-state index contributed by atoms with van der Waals surface area (Å²) in [4.78, 5) is 0. The molecular formula is C5H7IN2O. The molecule has 1 aromatic heterocycles. The summed E-state index contributed by atoms with van der Waals surface area (Å²) in [6.45, 7) is 1.96. The van der Waals surface area contributed by atoms with Gasteiger partial charge in [0.1, 0.15) is 0 Å². The van der Waals surface area contributed by atoms with Gasteiger partial charge in [0.25, 0.3) is 0 Å². The maximum Gasteiger partial charge on any atom is 0.246 e. The number of nitrogens with zero attached hydrogens (tertiary/aromatic N) is 1. The number of ether oxygens (including phenoxy) is 1. The van der Waals surface area contributed by atoms with Crippen LogP contribution in [0.2, 0.25) is 0 Å². The first-order valence-corrected chi connectivity index (χ1v) is 3.58. The van der Waals surface area contributed by atoms with Gasteiger partial charge in [-0.3, -0.25) is 5.10 Å². The van der Waals surface area contributed by atoms with Crippen LogP contribution in [0.3, 0.4) is 0 Å². The number of rotatable bonds is 1. The Balaban J connectivity index is 3.04. The largest absolute Gasteiger partial charge is 0.479 e. The first-order chi connectivity index (χ1) is 4.25. The number of H-pyrrole nitrogens is 1. The topological polar surface area (TPSA) is 37.9 Å².